The number of aromatic nitrogens is 2. The molecule has 25 heavy (non-hydrogen) atoms. The molecular weight excluding hydrogens is 316 g/mol. The zero-order valence-corrected chi connectivity index (χ0v) is 15.0. The molecule has 2 aromatic rings. The van der Waals surface area contributed by atoms with Crippen LogP contribution < -0.4 is 10.6 Å². The Kier molecular flexibility index (Phi) is 5.38. The summed E-state index contributed by atoms with van der Waals surface area (Å²) in [6.07, 6.45) is 6.27. The van der Waals surface area contributed by atoms with Crippen molar-refractivity contribution in [3.63, 3.8) is 0 Å². The molecule has 1 aromatic heterocycles. The Morgan fingerprint density at radius 2 is 2.12 bits per heavy atom. The lowest BCUT2D eigenvalue weighted by Crippen LogP contribution is -2.35. The van der Waals surface area contributed by atoms with Crippen LogP contribution in [0.3, 0.4) is 0 Å². The molecule has 0 bridgehead atoms. The first-order valence-electron chi connectivity index (χ1n) is 8.82. The minimum absolute atomic E-state index is 0.127. The van der Waals surface area contributed by atoms with Gasteiger partial charge in [0.05, 0.1) is 18.2 Å². The highest BCUT2D eigenvalue weighted by molar-refractivity contribution is 5.89. The highest BCUT2D eigenvalue weighted by atomic mass is 16.5. The molecule has 3 atom stereocenters. The van der Waals surface area contributed by atoms with Gasteiger partial charge in [0.1, 0.15) is 5.82 Å². The third kappa shape index (κ3) is 4.39. The van der Waals surface area contributed by atoms with Gasteiger partial charge < -0.3 is 19.9 Å². The maximum Gasteiger partial charge on any atom is 0.319 e. The van der Waals surface area contributed by atoms with Gasteiger partial charge in [-0.05, 0) is 51.3 Å². The van der Waals surface area contributed by atoms with Crippen LogP contribution in [0.2, 0.25) is 0 Å². The van der Waals surface area contributed by atoms with E-state index in [9.17, 15) is 4.79 Å². The van der Waals surface area contributed by atoms with E-state index >= 15 is 0 Å². The first kappa shape index (κ1) is 17.5. The zero-order valence-electron chi connectivity index (χ0n) is 15.0. The number of nitrogens with zero attached hydrogens (tertiary/aromatic N) is 2. The van der Waals surface area contributed by atoms with Gasteiger partial charge in [0.15, 0.2) is 0 Å². The van der Waals surface area contributed by atoms with Crippen LogP contribution in [0, 0.1) is 6.92 Å². The van der Waals surface area contributed by atoms with Gasteiger partial charge in [-0.2, -0.15) is 0 Å². The molecule has 0 radical (unpaired) electrons. The molecule has 6 heteroatoms. The number of ether oxygens (including phenoxy) is 1. The summed E-state index contributed by atoms with van der Waals surface area (Å²) < 4.78 is 7.82. The van der Waals surface area contributed by atoms with Gasteiger partial charge in [-0.3, -0.25) is 0 Å². The summed E-state index contributed by atoms with van der Waals surface area (Å²) in [7, 11) is 0. The first-order valence-corrected chi connectivity index (χ1v) is 8.82. The third-order valence-electron chi connectivity index (χ3n) is 4.74. The fourth-order valence-electron chi connectivity index (χ4n) is 3.22. The Hall–Kier alpha value is -2.34. The summed E-state index contributed by atoms with van der Waals surface area (Å²) in [5.41, 5.74) is 1.94. The van der Waals surface area contributed by atoms with E-state index in [0.29, 0.717) is 12.6 Å². The van der Waals surface area contributed by atoms with Crippen LogP contribution in [0.15, 0.2) is 36.7 Å². The van der Waals surface area contributed by atoms with Crippen molar-refractivity contribution in [2.75, 3.05) is 11.9 Å². The van der Waals surface area contributed by atoms with E-state index in [0.717, 1.165) is 24.4 Å². The van der Waals surface area contributed by atoms with Crippen LogP contribution in [0.4, 0.5) is 10.5 Å². The predicted octanol–water partition coefficient (Wildman–Crippen LogP) is 3.49. The monoisotopic (exact) mass is 342 g/mol. The number of carbonyl (C=O) groups is 1. The Labute approximate surface area is 148 Å². The number of amides is 2. The van der Waals surface area contributed by atoms with Crippen LogP contribution in [0.25, 0.3) is 0 Å². The fraction of sp³-hybridized carbons (Fsp3) is 0.474. The number of imidazole rings is 1. The Bertz CT molecular complexity index is 710. The molecule has 1 fully saturated rings. The number of urea groups is 1. The highest BCUT2D eigenvalue weighted by Gasteiger charge is 2.21. The minimum atomic E-state index is -0.200. The molecule has 1 saturated heterocycles. The van der Waals surface area contributed by atoms with E-state index < -0.39 is 0 Å². The molecule has 3 rings (SSSR count). The van der Waals surface area contributed by atoms with Crippen molar-refractivity contribution in [1.82, 2.24) is 14.9 Å². The number of anilines is 1. The smallest absolute Gasteiger partial charge is 0.319 e. The van der Waals surface area contributed by atoms with Gasteiger partial charge >= 0.3 is 6.03 Å². The van der Waals surface area contributed by atoms with Crippen LogP contribution in [0.1, 0.15) is 44.1 Å². The average molecular weight is 342 g/mol. The summed E-state index contributed by atoms with van der Waals surface area (Å²) in [5.74, 6) is 0.984. The van der Waals surface area contributed by atoms with Gasteiger partial charge in [-0.25, -0.2) is 9.78 Å². The summed E-state index contributed by atoms with van der Waals surface area (Å²) in [4.78, 5) is 16.3. The molecule has 1 aliphatic heterocycles. The second-order valence-electron chi connectivity index (χ2n) is 6.66. The quantitative estimate of drug-likeness (QED) is 0.874. The molecule has 1 aliphatic rings. The van der Waals surface area contributed by atoms with Gasteiger partial charge in [-0.1, -0.05) is 12.1 Å². The van der Waals surface area contributed by atoms with Crippen molar-refractivity contribution in [3.05, 3.63) is 48.0 Å². The molecule has 2 N–H and O–H groups in total. The van der Waals surface area contributed by atoms with Crippen molar-refractivity contribution in [2.24, 2.45) is 0 Å². The summed E-state index contributed by atoms with van der Waals surface area (Å²) >= 11 is 0. The maximum absolute atomic E-state index is 12.0. The normalized spacial score (nSPS) is 21.1. The number of hydrogen-bond acceptors (Lipinski definition) is 3. The van der Waals surface area contributed by atoms with Crippen molar-refractivity contribution < 1.29 is 9.53 Å². The zero-order chi connectivity index (χ0) is 17.8. The second kappa shape index (κ2) is 7.70. The van der Waals surface area contributed by atoms with E-state index in [1.54, 1.807) is 6.20 Å². The first-order chi connectivity index (χ1) is 12.0. The third-order valence-corrected chi connectivity index (χ3v) is 4.74. The van der Waals surface area contributed by atoms with Gasteiger partial charge in [0, 0.05) is 24.6 Å². The molecule has 0 spiro atoms. The number of hydrogen-bond donors (Lipinski definition) is 2. The Balaban J connectivity index is 1.52. The molecule has 0 aliphatic carbocycles. The molecule has 0 unspecified atom stereocenters. The van der Waals surface area contributed by atoms with Gasteiger partial charge in [-0.15, -0.1) is 0 Å². The number of rotatable bonds is 5. The standard InChI is InChI=1S/C19H26N4O2/c1-13-4-9-18(25-13)12-21-19(24)22-17-7-5-16(6-8-17)14(2)23-11-10-20-15(23)3/h5-8,10-11,13-14,18H,4,9,12H2,1-3H3,(H2,21,22,24)/t13-,14+,18-/m1/s1. The fourth-order valence-corrected chi connectivity index (χ4v) is 3.22. The lowest BCUT2D eigenvalue weighted by Gasteiger charge is -2.16. The van der Waals surface area contributed by atoms with Crippen LogP contribution in [0.5, 0.6) is 0 Å². The van der Waals surface area contributed by atoms with Crippen LogP contribution >= 0.6 is 0 Å². The Morgan fingerprint density at radius 3 is 2.72 bits per heavy atom. The topological polar surface area (TPSA) is 68.2 Å². The SMILES string of the molecule is Cc1nccn1[C@@H](C)c1ccc(NC(=O)NC[C@H]2CC[C@@H](C)O2)cc1. The summed E-state index contributed by atoms with van der Waals surface area (Å²) in [6.45, 7) is 6.73. The lowest BCUT2D eigenvalue weighted by molar-refractivity contribution is 0.0576. The van der Waals surface area contributed by atoms with Crippen molar-refractivity contribution >= 4 is 11.7 Å². The average Bonchev–Trinajstić information content (AvgIpc) is 3.21. The van der Waals surface area contributed by atoms with Crippen molar-refractivity contribution in [3.8, 4) is 0 Å². The maximum atomic E-state index is 12.0. The molecule has 2 amide bonds. The van der Waals surface area contributed by atoms with Crippen LogP contribution in [-0.2, 0) is 4.74 Å². The lowest BCUT2D eigenvalue weighted by atomic mass is 10.1. The van der Waals surface area contributed by atoms with E-state index in [-0.39, 0.29) is 18.2 Å². The van der Waals surface area contributed by atoms with Crippen molar-refractivity contribution in [1.29, 1.82) is 0 Å². The van der Waals surface area contributed by atoms with E-state index in [1.165, 1.54) is 5.56 Å². The predicted molar refractivity (Wildman–Crippen MR) is 97.8 cm³/mol. The van der Waals surface area contributed by atoms with E-state index in [1.807, 2.05) is 37.4 Å². The molecule has 134 valence electrons. The van der Waals surface area contributed by atoms with Gasteiger partial charge in [0.25, 0.3) is 0 Å². The van der Waals surface area contributed by atoms with E-state index in [4.69, 9.17) is 4.74 Å². The highest BCUT2D eigenvalue weighted by Crippen LogP contribution is 2.21. The molecule has 1 aromatic carbocycles. The van der Waals surface area contributed by atoms with Crippen molar-refractivity contribution in [2.45, 2.75) is 51.9 Å². The number of benzene rings is 1. The van der Waals surface area contributed by atoms with Crippen LogP contribution in [-0.4, -0.2) is 34.3 Å². The van der Waals surface area contributed by atoms with E-state index in [2.05, 4.69) is 34.0 Å². The molecule has 6 nitrogen and oxygen atoms in total. The molecule has 0 saturated carbocycles. The number of aryl methyl sites for hydroxylation is 1. The van der Waals surface area contributed by atoms with Gasteiger partial charge in [0.2, 0.25) is 0 Å². The number of nitrogens with one attached hydrogen (secondary N) is 2. The molecular formula is C19H26N4O2. The molecule has 2 heterocycles. The Morgan fingerprint density at radius 1 is 1.36 bits per heavy atom. The summed E-state index contributed by atoms with van der Waals surface area (Å²) in [6, 6.07) is 7.90. The minimum Gasteiger partial charge on any atom is -0.373 e. The summed E-state index contributed by atoms with van der Waals surface area (Å²) in [5, 5.41) is 5.74. The number of carbonyl (C=O) groups excluding carboxylic acids is 1. The second-order valence-corrected chi connectivity index (χ2v) is 6.66. The largest absolute Gasteiger partial charge is 0.373 e.